The van der Waals surface area contributed by atoms with Crippen molar-refractivity contribution in [3.05, 3.63) is 42.2 Å². The molecule has 2 N–H and O–H groups in total. The van der Waals surface area contributed by atoms with Crippen LogP contribution >= 0.6 is 12.2 Å². The Balaban J connectivity index is 2.34. The van der Waals surface area contributed by atoms with Crippen LogP contribution in [0.25, 0.3) is 10.8 Å². The summed E-state index contributed by atoms with van der Waals surface area (Å²) in [4.78, 5) is 19.2. The standard InChI is InChI=1S/C16H19N3OS/c1-3-19(10-11(2)15(17)21)16(20)14-13-7-5-4-6-12(13)8-9-18-14/h4-9,11H,3,10H2,1-2H3,(H2,17,21). The highest BCUT2D eigenvalue weighted by atomic mass is 32.1. The molecule has 0 radical (unpaired) electrons. The molecule has 1 atom stereocenters. The second kappa shape index (κ2) is 6.63. The van der Waals surface area contributed by atoms with E-state index in [1.807, 2.05) is 44.2 Å². The molecule has 21 heavy (non-hydrogen) atoms. The minimum atomic E-state index is -0.0857. The highest BCUT2D eigenvalue weighted by molar-refractivity contribution is 7.80. The maximum Gasteiger partial charge on any atom is 0.273 e. The van der Waals surface area contributed by atoms with Crippen molar-refractivity contribution in [2.24, 2.45) is 11.7 Å². The first-order valence-corrected chi connectivity index (χ1v) is 7.37. The van der Waals surface area contributed by atoms with Crippen LogP contribution in [0, 0.1) is 5.92 Å². The average Bonchev–Trinajstić information content (AvgIpc) is 2.51. The van der Waals surface area contributed by atoms with Gasteiger partial charge >= 0.3 is 0 Å². The first-order chi connectivity index (χ1) is 10.0. The summed E-state index contributed by atoms with van der Waals surface area (Å²) in [6.07, 6.45) is 1.67. The quantitative estimate of drug-likeness (QED) is 0.863. The van der Waals surface area contributed by atoms with Gasteiger partial charge in [-0.05, 0) is 18.4 Å². The van der Waals surface area contributed by atoms with Crippen LogP contribution in [0.5, 0.6) is 0 Å². The van der Waals surface area contributed by atoms with E-state index in [1.165, 1.54) is 0 Å². The maximum absolute atomic E-state index is 12.7. The minimum absolute atomic E-state index is 0.0149. The number of benzene rings is 1. The van der Waals surface area contributed by atoms with E-state index in [0.717, 1.165) is 10.8 Å². The van der Waals surface area contributed by atoms with Gasteiger partial charge in [0.2, 0.25) is 0 Å². The van der Waals surface area contributed by atoms with Crippen LogP contribution in [-0.4, -0.2) is 33.9 Å². The lowest BCUT2D eigenvalue weighted by atomic mass is 10.1. The van der Waals surface area contributed by atoms with Gasteiger partial charge in [-0.15, -0.1) is 0 Å². The molecule has 0 aliphatic carbocycles. The summed E-state index contributed by atoms with van der Waals surface area (Å²) in [6, 6.07) is 9.65. The number of fused-ring (bicyclic) bond motifs is 1. The molecule has 1 aromatic heterocycles. The van der Waals surface area contributed by atoms with Crippen molar-refractivity contribution in [1.82, 2.24) is 9.88 Å². The first kappa shape index (κ1) is 15.4. The molecule has 0 aliphatic heterocycles. The van der Waals surface area contributed by atoms with Crippen molar-refractivity contribution in [2.45, 2.75) is 13.8 Å². The van der Waals surface area contributed by atoms with Gasteiger partial charge in [-0.3, -0.25) is 9.78 Å². The molecule has 2 aromatic rings. The van der Waals surface area contributed by atoms with Gasteiger partial charge in [0, 0.05) is 30.6 Å². The SMILES string of the molecule is CCN(CC(C)C(N)=S)C(=O)c1nccc2ccccc12. The highest BCUT2D eigenvalue weighted by Gasteiger charge is 2.20. The topological polar surface area (TPSA) is 59.2 Å². The predicted octanol–water partition coefficient (Wildman–Crippen LogP) is 2.62. The molecule has 0 bridgehead atoms. The number of carbonyl (C=O) groups is 1. The second-order valence-corrected chi connectivity index (χ2v) is 5.50. The molecule has 0 saturated carbocycles. The number of nitrogens with zero attached hydrogens (tertiary/aromatic N) is 2. The molecule has 5 heteroatoms. The van der Waals surface area contributed by atoms with Gasteiger partial charge in [0.15, 0.2) is 0 Å². The number of aromatic nitrogens is 1. The largest absolute Gasteiger partial charge is 0.393 e. The van der Waals surface area contributed by atoms with Crippen LogP contribution in [0.4, 0.5) is 0 Å². The molecule has 0 fully saturated rings. The van der Waals surface area contributed by atoms with Crippen molar-refractivity contribution in [1.29, 1.82) is 0 Å². The highest BCUT2D eigenvalue weighted by Crippen LogP contribution is 2.18. The molecule has 0 aliphatic rings. The number of carbonyl (C=O) groups excluding carboxylic acids is 1. The van der Waals surface area contributed by atoms with Crippen LogP contribution in [0.3, 0.4) is 0 Å². The number of rotatable bonds is 5. The number of thiocarbonyl (C=S) groups is 1. The Bertz CT molecular complexity index is 666. The van der Waals surface area contributed by atoms with E-state index in [-0.39, 0.29) is 11.8 Å². The van der Waals surface area contributed by atoms with Crippen LogP contribution in [0.15, 0.2) is 36.5 Å². The van der Waals surface area contributed by atoms with Gasteiger partial charge in [0.25, 0.3) is 5.91 Å². The molecule has 0 spiro atoms. The van der Waals surface area contributed by atoms with E-state index in [9.17, 15) is 4.79 Å². The smallest absolute Gasteiger partial charge is 0.273 e. The van der Waals surface area contributed by atoms with E-state index in [1.54, 1.807) is 11.1 Å². The summed E-state index contributed by atoms with van der Waals surface area (Å²) in [5.74, 6) is -0.101. The molecule has 0 saturated heterocycles. The van der Waals surface area contributed by atoms with Crippen LogP contribution in [-0.2, 0) is 0 Å². The summed E-state index contributed by atoms with van der Waals surface area (Å²) >= 11 is 4.99. The van der Waals surface area contributed by atoms with E-state index < -0.39 is 0 Å². The van der Waals surface area contributed by atoms with Crippen LogP contribution in [0.1, 0.15) is 24.3 Å². The fourth-order valence-electron chi connectivity index (χ4n) is 2.22. The maximum atomic E-state index is 12.7. The third kappa shape index (κ3) is 3.36. The van der Waals surface area contributed by atoms with E-state index in [2.05, 4.69) is 4.98 Å². The molecule has 1 heterocycles. The number of hydrogen-bond acceptors (Lipinski definition) is 3. The Morgan fingerprint density at radius 3 is 2.76 bits per heavy atom. The van der Waals surface area contributed by atoms with Gasteiger partial charge in [-0.1, -0.05) is 43.4 Å². The summed E-state index contributed by atoms with van der Waals surface area (Å²) < 4.78 is 0. The summed E-state index contributed by atoms with van der Waals surface area (Å²) in [5, 5.41) is 1.88. The predicted molar refractivity (Wildman–Crippen MR) is 89.3 cm³/mol. The van der Waals surface area contributed by atoms with Crippen molar-refractivity contribution in [2.75, 3.05) is 13.1 Å². The molecular weight excluding hydrogens is 282 g/mol. The number of amides is 1. The average molecular weight is 301 g/mol. The molecule has 110 valence electrons. The van der Waals surface area contributed by atoms with Crippen molar-refractivity contribution < 1.29 is 4.79 Å². The zero-order chi connectivity index (χ0) is 15.4. The third-order valence-corrected chi connectivity index (χ3v) is 3.93. The van der Waals surface area contributed by atoms with Crippen molar-refractivity contribution in [3.8, 4) is 0 Å². The normalized spacial score (nSPS) is 12.1. The minimum Gasteiger partial charge on any atom is -0.393 e. The van der Waals surface area contributed by atoms with Crippen LogP contribution < -0.4 is 5.73 Å². The zero-order valence-electron chi connectivity index (χ0n) is 12.2. The fourth-order valence-corrected chi connectivity index (χ4v) is 2.29. The van der Waals surface area contributed by atoms with Gasteiger partial charge in [0.05, 0.1) is 4.99 Å². The summed E-state index contributed by atoms with van der Waals surface area (Å²) in [5.41, 5.74) is 6.12. The number of hydrogen-bond donors (Lipinski definition) is 1. The second-order valence-electron chi connectivity index (χ2n) is 5.03. The third-order valence-electron chi connectivity index (χ3n) is 3.53. The monoisotopic (exact) mass is 301 g/mol. The Labute approximate surface area is 130 Å². The van der Waals surface area contributed by atoms with Gasteiger partial charge in [-0.2, -0.15) is 0 Å². The summed E-state index contributed by atoms with van der Waals surface area (Å²) in [6.45, 7) is 4.97. The van der Waals surface area contributed by atoms with Gasteiger partial charge in [0.1, 0.15) is 5.69 Å². The Hall–Kier alpha value is -2.01. The lowest BCUT2D eigenvalue weighted by Gasteiger charge is -2.24. The molecule has 1 unspecified atom stereocenters. The van der Waals surface area contributed by atoms with Crippen molar-refractivity contribution >= 4 is 33.9 Å². The lowest BCUT2D eigenvalue weighted by molar-refractivity contribution is 0.0751. The van der Waals surface area contributed by atoms with E-state index in [4.69, 9.17) is 18.0 Å². The Morgan fingerprint density at radius 2 is 2.10 bits per heavy atom. The zero-order valence-corrected chi connectivity index (χ0v) is 13.1. The number of pyridine rings is 1. The van der Waals surface area contributed by atoms with Crippen molar-refractivity contribution in [3.63, 3.8) is 0 Å². The molecule has 4 nitrogen and oxygen atoms in total. The first-order valence-electron chi connectivity index (χ1n) is 6.97. The van der Waals surface area contributed by atoms with E-state index in [0.29, 0.717) is 23.8 Å². The van der Waals surface area contributed by atoms with Gasteiger partial charge < -0.3 is 10.6 Å². The number of nitrogens with two attached hydrogens (primary N) is 1. The Morgan fingerprint density at radius 1 is 1.38 bits per heavy atom. The molecule has 1 amide bonds. The summed E-state index contributed by atoms with van der Waals surface area (Å²) in [7, 11) is 0. The molecular formula is C16H19N3OS. The lowest BCUT2D eigenvalue weighted by Crippen LogP contribution is -2.38. The van der Waals surface area contributed by atoms with Crippen LogP contribution in [0.2, 0.25) is 0 Å². The van der Waals surface area contributed by atoms with E-state index >= 15 is 0 Å². The van der Waals surface area contributed by atoms with Gasteiger partial charge in [-0.25, -0.2) is 0 Å². The Kier molecular flexibility index (Phi) is 4.85. The molecule has 1 aromatic carbocycles. The fraction of sp³-hybridized carbons (Fsp3) is 0.312. The molecule has 2 rings (SSSR count).